The van der Waals surface area contributed by atoms with Crippen molar-refractivity contribution in [2.45, 2.75) is 37.8 Å². The van der Waals surface area contributed by atoms with E-state index >= 15 is 0 Å². The molecule has 4 N–H and O–H groups in total. The molecule has 0 bridgehead atoms. The number of benzene rings is 1. The fraction of sp³-hybridized carbons (Fsp3) is 0.625. The summed E-state index contributed by atoms with van der Waals surface area (Å²) in [6.07, 6.45) is 5.18. The Balaban J connectivity index is 1.52. The molecule has 20 heavy (non-hydrogen) atoms. The molecule has 0 spiro atoms. The predicted octanol–water partition coefficient (Wildman–Crippen LogP) is 2.01. The zero-order valence-corrected chi connectivity index (χ0v) is 12.1. The SMILES string of the molecule is c1ccc(NC[C@@H]2CCCN2)c(NC[C@@H]2CCCN2)c1. The normalized spacial score (nSPS) is 25.8. The molecule has 0 saturated carbocycles. The van der Waals surface area contributed by atoms with Crippen molar-refractivity contribution in [1.29, 1.82) is 0 Å². The molecule has 2 aliphatic rings. The molecular formula is C16H26N4. The highest BCUT2D eigenvalue weighted by Gasteiger charge is 2.15. The van der Waals surface area contributed by atoms with Crippen molar-refractivity contribution < 1.29 is 0 Å². The van der Waals surface area contributed by atoms with Crippen LogP contribution in [-0.2, 0) is 0 Å². The van der Waals surface area contributed by atoms with Gasteiger partial charge in [0, 0.05) is 25.2 Å². The maximum absolute atomic E-state index is 3.59. The van der Waals surface area contributed by atoms with Crippen LogP contribution in [0.3, 0.4) is 0 Å². The van der Waals surface area contributed by atoms with Gasteiger partial charge in [0.15, 0.2) is 0 Å². The molecule has 0 unspecified atom stereocenters. The van der Waals surface area contributed by atoms with Gasteiger partial charge in [-0.1, -0.05) is 12.1 Å². The zero-order valence-electron chi connectivity index (χ0n) is 12.1. The van der Waals surface area contributed by atoms with E-state index in [-0.39, 0.29) is 0 Å². The molecular weight excluding hydrogens is 248 g/mol. The molecule has 2 fully saturated rings. The average molecular weight is 274 g/mol. The Morgan fingerprint density at radius 2 is 1.35 bits per heavy atom. The summed E-state index contributed by atoms with van der Waals surface area (Å²) in [5, 5.41) is 14.2. The van der Waals surface area contributed by atoms with Crippen LogP contribution in [0.2, 0.25) is 0 Å². The average Bonchev–Trinajstić information content (AvgIpc) is 3.17. The van der Waals surface area contributed by atoms with Gasteiger partial charge < -0.3 is 21.3 Å². The van der Waals surface area contributed by atoms with Gasteiger partial charge >= 0.3 is 0 Å². The molecule has 4 nitrogen and oxygen atoms in total. The number of hydrogen-bond donors (Lipinski definition) is 4. The first-order chi connectivity index (χ1) is 9.92. The maximum atomic E-state index is 3.59. The van der Waals surface area contributed by atoms with Crippen LogP contribution in [0.1, 0.15) is 25.7 Å². The Morgan fingerprint density at radius 1 is 0.850 bits per heavy atom. The first-order valence-electron chi connectivity index (χ1n) is 7.95. The Kier molecular flexibility index (Phi) is 4.77. The summed E-state index contributed by atoms with van der Waals surface area (Å²) in [5.41, 5.74) is 2.44. The van der Waals surface area contributed by atoms with Gasteiger partial charge in [0.25, 0.3) is 0 Å². The lowest BCUT2D eigenvalue weighted by atomic mass is 10.2. The van der Waals surface area contributed by atoms with E-state index in [1.54, 1.807) is 0 Å². The molecule has 4 heteroatoms. The molecule has 1 aromatic carbocycles. The van der Waals surface area contributed by atoms with Crippen molar-refractivity contribution in [2.75, 3.05) is 36.8 Å². The number of hydrogen-bond acceptors (Lipinski definition) is 4. The van der Waals surface area contributed by atoms with E-state index in [0.29, 0.717) is 12.1 Å². The van der Waals surface area contributed by atoms with Crippen molar-refractivity contribution in [1.82, 2.24) is 10.6 Å². The van der Waals surface area contributed by atoms with Crippen molar-refractivity contribution >= 4 is 11.4 Å². The standard InChI is InChI=1S/C16H26N4/c1-2-8-16(20-12-14-6-4-10-18-14)15(7-1)19-11-13-5-3-9-17-13/h1-2,7-8,13-14,17-20H,3-6,9-12H2/t13-,14-/m0/s1. The molecule has 0 amide bonds. The summed E-state index contributed by atoms with van der Waals surface area (Å²) in [6, 6.07) is 9.78. The molecule has 1 aromatic rings. The van der Waals surface area contributed by atoms with Gasteiger partial charge in [0.2, 0.25) is 0 Å². The van der Waals surface area contributed by atoms with Gasteiger partial charge in [-0.05, 0) is 50.9 Å². The molecule has 2 aliphatic heterocycles. The fourth-order valence-electron chi connectivity index (χ4n) is 3.12. The molecule has 2 atom stereocenters. The predicted molar refractivity (Wildman–Crippen MR) is 85.5 cm³/mol. The molecule has 110 valence electrons. The smallest absolute Gasteiger partial charge is 0.0576 e. The minimum atomic E-state index is 0.625. The summed E-state index contributed by atoms with van der Waals surface area (Å²) in [6.45, 7) is 4.36. The van der Waals surface area contributed by atoms with E-state index in [0.717, 1.165) is 13.1 Å². The molecule has 0 radical (unpaired) electrons. The highest BCUT2D eigenvalue weighted by molar-refractivity contribution is 5.68. The number of nitrogens with one attached hydrogen (secondary N) is 4. The molecule has 0 aliphatic carbocycles. The summed E-state index contributed by atoms with van der Waals surface area (Å²) in [4.78, 5) is 0. The van der Waals surface area contributed by atoms with Crippen molar-refractivity contribution in [2.24, 2.45) is 0 Å². The van der Waals surface area contributed by atoms with Crippen molar-refractivity contribution in [3.8, 4) is 0 Å². The van der Waals surface area contributed by atoms with Crippen LogP contribution in [0.5, 0.6) is 0 Å². The van der Waals surface area contributed by atoms with Gasteiger partial charge in [-0.2, -0.15) is 0 Å². The van der Waals surface area contributed by atoms with Gasteiger partial charge in [-0.15, -0.1) is 0 Å². The van der Waals surface area contributed by atoms with Crippen LogP contribution < -0.4 is 21.3 Å². The minimum Gasteiger partial charge on any atom is -0.382 e. The van der Waals surface area contributed by atoms with E-state index < -0.39 is 0 Å². The van der Waals surface area contributed by atoms with Crippen LogP contribution in [-0.4, -0.2) is 38.3 Å². The quantitative estimate of drug-likeness (QED) is 0.641. The van der Waals surface area contributed by atoms with Crippen LogP contribution in [0.15, 0.2) is 24.3 Å². The van der Waals surface area contributed by atoms with E-state index in [1.165, 1.54) is 50.1 Å². The second kappa shape index (κ2) is 6.95. The minimum absolute atomic E-state index is 0.625. The summed E-state index contributed by atoms with van der Waals surface area (Å²) < 4.78 is 0. The Bertz CT molecular complexity index is 370. The first-order valence-corrected chi connectivity index (χ1v) is 7.95. The molecule has 2 saturated heterocycles. The van der Waals surface area contributed by atoms with Crippen molar-refractivity contribution in [3.63, 3.8) is 0 Å². The fourth-order valence-corrected chi connectivity index (χ4v) is 3.12. The third-order valence-electron chi connectivity index (χ3n) is 4.33. The van der Waals surface area contributed by atoms with Crippen molar-refractivity contribution in [3.05, 3.63) is 24.3 Å². The third kappa shape index (κ3) is 3.64. The van der Waals surface area contributed by atoms with E-state index in [1.807, 2.05) is 0 Å². The highest BCUT2D eigenvalue weighted by Crippen LogP contribution is 2.22. The largest absolute Gasteiger partial charge is 0.382 e. The monoisotopic (exact) mass is 274 g/mol. The Hall–Kier alpha value is -1.26. The lowest BCUT2D eigenvalue weighted by Gasteiger charge is -2.18. The molecule has 3 rings (SSSR count). The van der Waals surface area contributed by atoms with Crippen LogP contribution in [0.25, 0.3) is 0 Å². The number of anilines is 2. The number of para-hydroxylation sites is 2. The molecule has 2 heterocycles. The van der Waals surface area contributed by atoms with Crippen LogP contribution in [0.4, 0.5) is 11.4 Å². The van der Waals surface area contributed by atoms with Gasteiger partial charge in [0.05, 0.1) is 11.4 Å². The van der Waals surface area contributed by atoms with Gasteiger partial charge in [0.1, 0.15) is 0 Å². The maximum Gasteiger partial charge on any atom is 0.0576 e. The third-order valence-corrected chi connectivity index (χ3v) is 4.33. The first kappa shape index (κ1) is 13.7. The lowest BCUT2D eigenvalue weighted by Crippen LogP contribution is -2.30. The van der Waals surface area contributed by atoms with Gasteiger partial charge in [-0.25, -0.2) is 0 Å². The van der Waals surface area contributed by atoms with Gasteiger partial charge in [-0.3, -0.25) is 0 Å². The van der Waals surface area contributed by atoms with E-state index in [2.05, 4.69) is 45.5 Å². The molecule has 0 aromatic heterocycles. The second-order valence-electron chi connectivity index (χ2n) is 5.89. The zero-order chi connectivity index (χ0) is 13.6. The second-order valence-corrected chi connectivity index (χ2v) is 5.89. The number of rotatable bonds is 6. The summed E-state index contributed by atoms with van der Waals surface area (Å²) in [5.74, 6) is 0. The van der Waals surface area contributed by atoms with Crippen LogP contribution in [0, 0.1) is 0 Å². The lowest BCUT2D eigenvalue weighted by molar-refractivity contribution is 0.631. The topological polar surface area (TPSA) is 48.1 Å². The van der Waals surface area contributed by atoms with Crippen LogP contribution >= 0.6 is 0 Å². The Labute approximate surface area is 121 Å². The summed E-state index contributed by atoms with van der Waals surface area (Å²) in [7, 11) is 0. The summed E-state index contributed by atoms with van der Waals surface area (Å²) >= 11 is 0. The van der Waals surface area contributed by atoms with E-state index in [4.69, 9.17) is 0 Å². The Morgan fingerprint density at radius 3 is 1.75 bits per heavy atom. The highest BCUT2D eigenvalue weighted by atomic mass is 15.0. The van der Waals surface area contributed by atoms with E-state index in [9.17, 15) is 0 Å².